The maximum atomic E-state index is 14.4. The Kier molecular flexibility index (Phi) is 9.51. The molecule has 2 aromatic carbocycles. The average Bonchev–Trinajstić information content (AvgIpc) is 2.80. The molecule has 2 atom stereocenters. The van der Waals surface area contributed by atoms with Crippen molar-refractivity contribution in [3.8, 4) is 0 Å². The number of hydrogen-bond donors (Lipinski definition) is 1. The highest BCUT2D eigenvalue weighted by Crippen LogP contribution is 2.28. The summed E-state index contributed by atoms with van der Waals surface area (Å²) in [7, 11) is -4.07. The number of rotatable bonds is 11. The molecule has 0 aliphatic carbocycles. The third-order valence-corrected chi connectivity index (χ3v) is 6.94. The maximum Gasteiger partial charge on any atom is 0.271 e. The minimum absolute atomic E-state index is 0.0393. The number of aryl methyl sites for hydroxylation is 1. The van der Waals surface area contributed by atoms with E-state index in [0.29, 0.717) is 12.0 Å². The van der Waals surface area contributed by atoms with Crippen molar-refractivity contribution in [2.24, 2.45) is 0 Å². The molecule has 0 radical (unpaired) electrons. The topological polar surface area (TPSA) is 130 Å². The number of non-ortho nitro benzene ring substituents is 1. The van der Waals surface area contributed by atoms with Gasteiger partial charge in [0.15, 0.2) is 0 Å². The number of nitrogens with one attached hydrogen (secondary N) is 1. The van der Waals surface area contributed by atoms with Gasteiger partial charge in [-0.3, -0.25) is 24.0 Å². The summed E-state index contributed by atoms with van der Waals surface area (Å²) in [5.74, 6) is -1.84. The molecule has 10 nitrogen and oxygen atoms in total. The molecule has 0 aliphatic rings. The van der Waals surface area contributed by atoms with Gasteiger partial charge in [0, 0.05) is 30.3 Å². The van der Waals surface area contributed by atoms with Crippen molar-refractivity contribution in [1.29, 1.82) is 0 Å². The molecule has 12 heteroatoms. The van der Waals surface area contributed by atoms with Crippen LogP contribution in [0.5, 0.6) is 0 Å². The minimum Gasteiger partial charge on any atom is -0.352 e. The van der Waals surface area contributed by atoms with Gasteiger partial charge in [-0.15, -0.1) is 0 Å². The summed E-state index contributed by atoms with van der Waals surface area (Å²) in [4.78, 5) is 38.0. The first-order chi connectivity index (χ1) is 16.8. The van der Waals surface area contributed by atoms with Crippen molar-refractivity contribution in [2.45, 2.75) is 52.7 Å². The van der Waals surface area contributed by atoms with Gasteiger partial charge in [-0.05, 0) is 38.8 Å². The fourth-order valence-corrected chi connectivity index (χ4v) is 4.33. The minimum atomic E-state index is -4.07. The lowest BCUT2D eigenvalue weighted by molar-refractivity contribution is -0.384. The predicted octanol–water partition coefficient (Wildman–Crippen LogP) is 3.14. The van der Waals surface area contributed by atoms with Crippen molar-refractivity contribution in [3.63, 3.8) is 0 Å². The third-order valence-electron chi connectivity index (χ3n) is 5.82. The molecule has 2 rings (SSSR count). The molecule has 0 saturated carbocycles. The highest BCUT2D eigenvalue weighted by atomic mass is 32.2. The Labute approximate surface area is 210 Å². The van der Waals surface area contributed by atoms with Crippen LogP contribution in [-0.4, -0.2) is 54.9 Å². The molecule has 0 fully saturated rings. The van der Waals surface area contributed by atoms with Crippen LogP contribution in [0.4, 0.5) is 15.8 Å². The van der Waals surface area contributed by atoms with Gasteiger partial charge in [-0.2, -0.15) is 0 Å². The molecular weight excluding hydrogens is 491 g/mol. The van der Waals surface area contributed by atoms with E-state index in [9.17, 15) is 32.5 Å². The Morgan fingerprint density at radius 1 is 1.17 bits per heavy atom. The van der Waals surface area contributed by atoms with Crippen LogP contribution in [0, 0.1) is 22.9 Å². The van der Waals surface area contributed by atoms with E-state index in [1.54, 1.807) is 19.9 Å². The SMILES string of the molecule is CCC(C)NC(=O)C(C)N(Cc1ccccc1F)C(=O)CN(c1cc([N+](=O)[O-])ccc1C)S(C)(=O)=O. The van der Waals surface area contributed by atoms with Gasteiger partial charge in [0.25, 0.3) is 5.69 Å². The molecule has 0 aliphatic heterocycles. The first-order valence-electron chi connectivity index (χ1n) is 11.3. The average molecular weight is 523 g/mol. The zero-order valence-electron chi connectivity index (χ0n) is 20.9. The highest BCUT2D eigenvalue weighted by molar-refractivity contribution is 7.92. The van der Waals surface area contributed by atoms with Crippen LogP contribution in [0.3, 0.4) is 0 Å². The van der Waals surface area contributed by atoms with E-state index < -0.39 is 45.2 Å². The van der Waals surface area contributed by atoms with Gasteiger partial charge in [0.2, 0.25) is 21.8 Å². The van der Waals surface area contributed by atoms with Crippen LogP contribution in [0.2, 0.25) is 0 Å². The largest absolute Gasteiger partial charge is 0.352 e. The van der Waals surface area contributed by atoms with Crippen molar-refractivity contribution in [2.75, 3.05) is 17.1 Å². The van der Waals surface area contributed by atoms with Crippen molar-refractivity contribution in [1.82, 2.24) is 10.2 Å². The number of nitrogens with zero attached hydrogens (tertiary/aromatic N) is 3. The Morgan fingerprint density at radius 3 is 2.36 bits per heavy atom. The zero-order valence-corrected chi connectivity index (χ0v) is 21.7. The molecular formula is C24H31FN4O6S. The number of carbonyl (C=O) groups is 2. The molecule has 2 aromatic rings. The predicted molar refractivity (Wildman–Crippen MR) is 134 cm³/mol. The molecule has 0 aromatic heterocycles. The van der Waals surface area contributed by atoms with Crippen molar-refractivity contribution >= 4 is 33.2 Å². The quantitative estimate of drug-likeness (QED) is 0.356. The number of hydrogen-bond acceptors (Lipinski definition) is 6. The van der Waals surface area contributed by atoms with E-state index in [1.807, 2.05) is 6.92 Å². The van der Waals surface area contributed by atoms with Crippen LogP contribution >= 0.6 is 0 Å². The van der Waals surface area contributed by atoms with E-state index in [1.165, 1.54) is 37.3 Å². The second kappa shape index (κ2) is 11.9. The van der Waals surface area contributed by atoms with Gasteiger partial charge in [0.1, 0.15) is 18.4 Å². The highest BCUT2D eigenvalue weighted by Gasteiger charge is 2.32. The van der Waals surface area contributed by atoms with E-state index >= 15 is 0 Å². The van der Waals surface area contributed by atoms with Crippen LogP contribution in [0.1, 0.15) is 38.3 Å². The summed E-state index contributed by atoms with van der Waals surface area (Å²) in [5, 5.41) is 14.0. The van der Waals surface area contributed by atoms with Crippen molar-refractivity contribution in [3.05, 3.63) is 69.5 Å². The molecule has 196 valence electrons. The summed E-state index contributed by atoms with van der Waals surface area (Å²) >= 11 is 0. The number of nitro groups is 1. The van der Waals surface area contributed by atoms with Crippen LogP contribution < -0.4 is 9.62 Å². The summed E-state index contributed by atoms with van der Waals surface area (Å²) in [6, 6.07) is 8.21. The summed E-state index contributed by atoms with van der Waals surface area (Å²) in [6.45, 7) is 5.68. The van der Waals surface area contributed by atoms with Gasteiger partial charge >= 0.3 is 0 Å². The van der Waals surface area contributed by atoms with Crippen LogP contribution in [0.25, 0.3) is 0 Å². The van der Waals surface area contributed by atoms with Gasteiger partial charge in [0.05, 0.1) is 16.9 Å². The van der Waals surface area contributed by atoms with Gasteiger partial charge < -0.3 is 10.2 Å². The number of sulfonamides is 1. The van der Waals surface area contributed by atoms with E-state index in [0.717, 1.165) is 21.5 Å². The molecule has 36 heavy (non-hydrogen) atoms. The molecule has 1 N–H and O–H groups in total. The number of halogens is 1. The summed E-state index contributed by atoms with van der Waals surface area (Å²) in [6.07, 6.45) is 1.52. The first kappa shape index (κ1) is 28.7. The maximum absolute atomic E-state index is 14.4. The zero-order chi connectivity index (χ0) is 27.2. The summed E-state index contributed by atoms with van der Waals surface area (Å²) < 4.78 is 40.5. The number of nitro benzene ring substituents is 1. The lowest BCUT2D eigenvalue weighted by atomic mass is 10.1. The van der Waals surface area contributed by atoms with Gasteiger partial charge in [-0.1, -0.05) is 31.2 Å². The fraction of sp³-hybridized carbons (Fsp3) is 0.417. The second-order valence-corrected chi connectivity index (χ2v) is 10.5. The summed E-state index contributed by atoms with van der Waals surface area (Å²) in [5.41, 5.74) is 0.150. The number of amides is 2. The Bertz CT molecular complexity index is 1240. The first-order valence-corrected chi connectivity index (χ1v) is 13.2. The standard InChI is InChI=1S/C24H31FN4O6S/c1-6-17(3)26-24(31)18(4)27(14-19-9-7-8-10-21(19)25)23(30)15-28(36(5,34)35)22-13-20(29(32)33)12-11-16(22)2/h7-13,17-18H,6,14-15H2,1-5H3,(H,26,31). The van der Waals surface area contributed by atoms with E-state index in [2.05, 4.69) is 5.32 Å². The Hall–Kier alpha value is -3.54. The molecule has 2 unspecified atom stereocenters. The smallest absolute Gasteiger partial charge is 0.271 e. The normalized spacial score (nSPS) is 12.9. The number of carbonyl (C=O) groups excluding carboxylic acids is 2. The number of anilines is 1. The monoisotopic (exact) mass is 522 g/mol. The molecule has 0 spiro atoms. The lowest BCUT2D eigenvalue weighted by Gasteiger charge is -2.32. The molecule has 0 bridgehead atoms. The Balaban J connectivity index is 2.49. The Morgan fingerprint density at radius 2 is 1.81 bits per heavy atom. The van der Waals surface area contributed by atoms with E-state index in [-0.39, 0.29) is 29.5 Å². The lowest BCUT2D eigenvalue weighted by Crippen LogP contribution is -2.52. The fourth-order valence-electron chi connectivity index (χ4n) is 3.43. The van der Waals surface area contributed by atoms with Gasteiger partial charge in [-0.25, -0.2) is 12.8 Å². The second-order valence-electron chi connectivity index (χ2n) is 8.60. The van der Waals surface area contributed by atoms with Crippen molar-refractivity contribution < 1.29 is 27.3 Å². The molecule has 0 heterocycles. The van der Waals surface area contributed by atoms with Crippen LogP contribution in [0.15, 0.2) is 42.5 Å². The van der Waals surface area contributed by atoms with Crippen LogP contribution in [-0.2, 0) is 26.2 Å². The molecule has 0 saturated heterocycles. The third kappa shape index (κ3) is 7.23. The van der Waals surface area contributed by atoms with E-state index in [4.69, 9.17) is 0 Å². The molecule has 2 amide bonds. The number of benzene rings is 2.